The van der Waals surface area contributed by atoms with Gasteiger partial charge in [0.15, 0.2) is 0 Å². The number of carbonyl (C=O) groups is 4. The number of nitrogens with one attached hydrogen (secondary N) is 2. The minimum Gasteiger partial charge on any atom is -0.481 e. The van der Waals surface area contributed by atoms with Crippen LogP contribution in [0.1, 0.15) is 26.7 Å². The van der Waals surface area contributed by atoms with Crippen LogP contribution in [0.15, 0.2) is 0 Å². The molecule has 0 aromatic rings. The molecule has 9 nitrogen and oxygen atoms in total. The van der Waals surface area contributed by atoms with Gasteiger partial charge in [0.2, 0.25) is 11.8 Å². The molecule has 0 radical (unpaired) electrons. The van der Waals surface area contributed by atoms with E-state index in [-0.39, 0.29) is 11.7 Å². The summed E-state index contributed by atoms with van der Waals surface area (Å²) < 4.78 is 0. The Morgan fingerprint density at radius 2 is 1.70 bits per heavy atom. The number of amides is 2. The van der Waals surface area contributed by atoms with Crippen LogP contribution < -0.4 is 16.4 Å². The summed E-state index contributed by atoms with van der Waals surface area (Å²) in [5.74, 6) is -4.41. The van der Waals surface area contributed by atoms with Gasteiger partial charge in [-0.1, -0.05) is 20.3 Å². The molecule has 0 aliphatic heterocycles. The zero-order valence-electron chi connectivity index (χ0n) is 13.0. The Bertz CT molecular complexity index is 459. The summed E-state index contributed by atoms with van der Waals surface area (Å²) in [6.07, 6.45) is -0.233. The lowest BCUT2D eigenvalue weighted by Crippen LogP contribution is -2.57. The largest absolute Gasteiger partial charge is 0.481 e. The molecular formula is C13H23N3O6S. The fourth-order valence-corrected chi connectivity index (χ4v) is 1.85. The second-order valence-corrected chi connectivity index (χ2v) is 5.52. The zero-order chi connectivity index (χ0) is 18.2. The Labute approximate surface area is 139 Å². The second kappa shape index (κ2) is 10.1. The van der Waals surface area contributed by atoms with Crippen LogP contribution in [0.2, 0.25) is 0 Å². The highest BCUT2D eigenvalue weighted by atomic mass is 32.1. The van der Waals surface area contributed by atoms with Crippen molar-refractivity contribution in [3.63, 3.8) is 0 Å². The number of hydrogen-bond acceptors (Lipinski definition) is 6. The normalized spacial score (nSPS) is 15.8. The fourth-order valence-electron chi connectivity index (χ4n) is 1.68. The van der Waals surface area contributed by atoms with Gasteiger partial charge in [-0.05, 0) is 5.92 Å². The lowest BCUT2D eigenvalue weighted by molar-refractivity contribution is -0.147. The van der Waals surface area contributed by atoms with Crippen LogP contribution in [0.5, 0.6) is 0 Å². The van der Waals surface area contributed by atoms with Gasteiger partial charge in [-0.2, -0.15) is 12.6 Å². The van der Waals surface area contributed by atoms with E-state index in [0.717, 1.165) is 0 Å². The van der Waals surface area contributed by atoms with Crippen molar-refractivity contribution in [2.24, 2.45) is 11.7 Å². The predicted octanol–water partition coefficient (Wildman–Crippen LogP) is -1.18. The molecule has 2 amide bonds. The number of hydrogen-bond donors (Lipinski definition) is 6. The molecule has 132 valence electrons. The first-order valence-electron chi connectivity index (χ1n) is 7.05. The molecule has 0 spiro atoms. The van der Waals surface area contributed by atoms with Crippen molar-refractivity contribution in [1.29, 1.82) is 0 Å². The van der Waals surface area contributed by atoms with E-state index in [9.17, 15) is 19.2 Å². The summed E-state index contributed by atoms with van der Waals surface area (Å²) in [4.78, 5) is 45.7. The minimum absolute atomic E-state index is 0.0808. The van der Waals surface area contributed by atoms with Crippen LogP contribution in [0, 0.1) is 5.92 Å². The molecule has 10 heteroatoms. The van der Waals surface area contributed by atoms with E-state index in [4.69, 9.17) is 15.9 Å². The molecule has 23 heavy (non-hydrogen) atoms. The fraction of sp³-hybridized carbons (Fsp3) is 0.692. The van der Waals surface area contributed by atoms with E-state index in [1.807, 2.05) is 0 Å². The number of aliphatic carboxylic acids is 2. The molecule has 0 aliphatic rings. The first-order valence-corrected chi connectivity index (χ1v) is 7.69. The highest BCUT2D eigenvalue weighted by Gasteiger charge is 2.31. The van der Waals surface area contributed by atoms with Crippen molar-refractivity contribution >= 4 is 36.4 Å². The summed E-state index contributed by atoms with van der Waals surface area (Å²) in [5, 5.41) is 22.2. The summed E-state index contributed by atoms with van der Waals surface area (Å²) in [6.45, 7) is 3.49. The maximum Gasteiger partial charge on any atom is 0.326 e. The number of carboxylic acids is 2. The smallest absolute Gasteiger partial charge is 0.326 e. The molecule has 0 saturated carbocycles. The minimum atomic E-state index is -1.58. The van der Waals surface area contributed by atoms with Crippen LogP contribution in [-0.4, -0.2) is 57.8 Å². The predicted molar refractivity (Wildman–Crippen MR) is 85.0 cm³/mol. The summed E-state index contributed by atoms with van der Waals surface area (Å²) in [5.41, 5.74) is 5.53. The molecule has 0 bridgehead atoms. The maximum absolute atomic E-state index is 12.2. The Morgan fingerprint density at radius 1 is 1.13 bits per heavy atom. The number of carboxylic acid groups (broad SMARTS) is 2. The number of carbonyl (C=O) groups excluding carboxylic acids is 2. The van der Waals surface area contributed by atoms with Crippen molar-refractivity contribution in [2.75, 3.05) is 5.75 Å². The Kier molecular flexibility index (Phi) is 9.27. The van der Waals surface area contributed by atoms with Gasteiger partial charge in [0.1, 0.15) is 12.1 Å². The molecule has 6 N–H and O–H groups in total. The SMILES string of the molecule is CC[C@H](C)[C@H](NC(=O)[C@@H](N)CS)C(=O)N[C@@H](CC(=O)O)C(=O)O. The molecule has 0 fully saturated rings. The molecule has 0 heterocycles. The van der Waals surface area contributed by atoms with E-state index in [1.165, 1.54) is 0 Å². The Balaban J connectivity index is 5.09. The van der Waals surface area contributed by atoms with Gasteiger partial charge in [-0.3, -0.25) is 14.4 Å². The van der Waals surface area contributed by atoms with Gasteiger partial charge < -0.3 is 26.6 Å². The van der Waals surface area contributed by atoms with Gasteiger partial charge in [-0.15, -0.1) is 0 Å². The van der Waals surface area contributed by atoms with Gasteiger partial charge in [0.25, 0.3) is 0 Å². The van der Waals surface area contributed by atoms with Crippen molar-refractivity contribution < 1.29 is 29.4 Å². The van der Waals surface area contributed by atoms with Crippen molar-refractivity contribution in [2.45, 2.75) is 44.8 Å². The number of nitrogens with two attached hydrogens (primary N) is 1. The lowest BCUT2D eigenvalue weighted by atomic mass is 9.97. The van der Waals surface area contributed by atoms with E-state index in [2.05, 4.69) is 23.3 Å². The zero-order valence-corrected chi connectivity index (χ0v) is 13.9. The van der Waals surface area contributed by atoms with Crippen LogP contribution in [0.25, 0.3) is 0 Å². The van der Waals surface area contributed by atoms with Gasteiger partial charge in [-0.25, -0.2) is 4.79 Å². The summed E-state index contributed by atoms with van der Waals surface area (Å²) >= 11 is 3.89. The van der Waals surface area contributed by atoms with Crippen molar-refractivity contribution in [3.8, 4) is 0 Å². The average molecular weight is 349 g/mol. The topological polar surface area (TPSA) is 159 Å². The van der Waals surface area contributed by atoms with Crippen LogP contribution >= 0.6 is 12.6 Å². The summed E-state index contributed by atoms with van der Waals surface area (Å²) in [7, 11) is 0. The molecule has 0 aromatic carbocycles. The highest BCUT2D eigenvalue weighted by molar-refractivity contribution is 7.80. The number of thiol groups is 1. The van der Waals surface area contributed by atoms with E-state index in [1.54, 1.807) is 13.8 Å². The Morgan fingerprint density at radius 3 is 2.09 bits per heavy atom. The molecule has 0 aliphatic carbocycles. The number of rotatable bonds is 10. The highest BCUT2D eigenvalue weighted by Crippen LogP contribution is 2.09. The third-order valence-corrected chi connectivity index (χ3v) is 3.71. The van der Waals surface area contributed by atoms with Gasteiger partial charge >= 0.3 is 11.9 Å². The van der Waals surface area contributed by atoms with Crippen molar-refractivity contribution in [3.05, 3.63) is 0 Å². The van der Waals surface area contributed by atoms with E-state index in [0.29, 0.717) is 6.42 Å². The van der Waals surface area contributed by atoms with Gasteiger partial charge in [0, 0.05) is 5.75 Å². The average Bonchev–Trinajstić information content (AvgIpc) is 2.49. The standard InChI is InChI=1S/C13H23N3O6S/c1-3-6(2)10(16-11(19)7(14)5-23)12(20)15-8(13(21)22)4-9(17)18/h6-8,10,23H,3-5,14H2,1-2H3,(H,15,20)(H,16,19)(H,17,18)(H,21,22)/t6-,7-,8-,10-/m0/s1. The van der Waals surface area contributed by atoms with E-state index < -0.39 is 48.3 Å². The maximum atomic E-state index is 12.2. The van der Waals surface area contributed by atoms with Crippen LogP contribution in [0.3, 0.4) is 0 Å². The third-order valence-electron chi connectivity index (χ3n) is 3.32. The van der Waals surface area contributed by atoms with Crippen LogP contribution in [-0.2, 0) is 19.2 Å². The lowest BCUT2D eigenvalue weighted by Gasteiger charge is -2.26. The molecule has 0 rings (SSSR count). The first kappa shape index (κ1) is 21.2. The molecule has 0 aromatic heterocycles. The summed E-state index contributed by atoms with van der Waals surface area (Å²) in [6, 6.07) is -3.51. The quantitative estimate of drug-likeness (QED) is 0.271. The van der Waals surface area contributed by atoms with Crippen LogP contribution in [0.4, 0.5) is 0 Å². The van der Waals surface area contributed by atoms with Gasteiger partial charge in [0.05, 0.1) is 12.5 Å². The third kappa shape index (κ3) is 7.33. The molecule has 4 atom stereocenters. The first-order chi connectivity index (χ1) is 10.6. The monoisotopic (exact) mass is 349 g/mol. The van der Waals surface area contributed by atoms with E-state index >= 15 is 0 Å². The molecule has 0 saturated heterocycles. The molecule has 0 unspecified atom stereocenters. The molecular weight excluding hydrogens is 326 g/mol. The Hall–Kier alpha value is -1.81. The van der Waals surface area contributed by atoms with Crippen molar-refractivity contribution in [1.82, 2.24) is 10.6 Å². The second-order valence-electron chi connectivity index (χ2n) is 5.16.